The number of benzene rings is 2. The number of fused-ring (bicyclic) bond motifs is 2. The Morgan fingerprint density at radius 2 is 2.07 bits per heavy atom. The molecule has 2 aliphatic rings. The van der Waals surface area contributed by atoms with Gasteiger partial charge in [0.15, 0.2) is 0 Å². The molecule has 0 saturated carbocycles. The van der Waals surface area contributed by atoms with Crippen LogP contribution in [0.1, 0.15) is 31.7 Å². The molecule has 4 rings (SSSR count). The number of methoxy groups -OCH3 is 1. The van der Waals surface area contributed by atoms with E-state index in [9.17, 15) is 4.39 Å². The number of aliphatic imine (C=N–C) groups is 1. The largest absolute Gasteiger partial charge is 0.490 e. The van der Waals surface area contributed by atoms with E-state index in [4.69, 9.17) is 31.6 Å². The lowest BCUT2D eigenvalue weighted by Gasteiger charge is -2.37. The second-order valence-corrected chi connectivity index (χ2v) is 8.16. The maximum Gasteiger partial charge on any atom is 0.221 e. The van der Waals surface area contributed by atoms with Crippen LogP contribution in [0.25, 0.3) is 11.1 Å². The van der Waals surface area contributed by atoms with Gasteiger partial charge in [-0.15, -0.1) is 0 Å². The number of halogens is 2. The third-order valence-corrected chi connectivity index (χ3v) is 5.94. The number of nitrogens with zero attached hydrogens (tertiary/aromatic N) is 2. The molecule has 2 aromatic carbocycles. The summed E-state index contributed by atoms with van der Waals surface area (Å²) < 4.78 is 25.2. The monoisotopic (exact) mass is 433 g/mol. The number of rotatable bonds is 5. The molecule has 2 heterocycles. The fourth-order valence-electron chi connectivity index (χ4n) is 3.87. The van der Waals surface area contributed by atoms with Crippen LogP contribution in [-0.4, -0.2) is 37.4 Å². The number of nitrogens with two attached hydrogens (primary N) is 1. The van der Waals surface area contributed by atoms with Gasteiger partial charge in [-0.05, 0) is 55.2 Å². The van der Waals surface area contributed by atoms with Crippen molar-refractivity contribution in [2.45, 2.75) is 44.1 Å². The van der Waals surface area contributed by atoms with E-state index in [0.717, 1.165) is 29.5 Å². The second-order valence-electron chi connectivity index (χ2n) is 7.75. The predicted octanol–water partition coefficient (Wildman–Crippen LogP) is 4.46. The number of ether oxygens (including phenoxy) is 2. The molecule has 2 N–H and O–H groups in total. The Labute approximate surface area is 180 Å². The minimum atomic E-state index is -0.965. The van der Waals surface area contributed by atoms with Crippen LogP contribution in [0, 0.1) is 5.82 Å². The van der Waals surface area contributed by atoms with Gasteiger partial charge in [0.25, 0.3) is 0 Å². The van der Waals surface area contributed by atoms with Gasteiger partial charge in [0.1, 0.15) is 17.7 Å². The minimum Gasteiger partial charge on any atom is -0.490 e. The quantitative estimate of drug-likeness (QED) is 0.754. The smallest absolute Gasteiger partial charge is 0.221 e. The van der Waals surface area contributed by atoms with Gasteiger partial charge >= 0.3 is 0 Å². The molecule has 30 heavy (non-hydrogen) atoms. The van der Waals surface area contributed by atoms with Crippen molar-refractivity contribution in [2.24, 2.45) is 10.7 Å². The summed E-state index contributed by atoms with van der Waals surface area (Å²) in [6.07, 6.45) is 2.22. The molecular formula is C22H25ClFN3O3. The van der Waals surface area contributed by atoms with Crippen LogP contribution < -0.4 is 10.5 Å². The van der Waals surface area contributed by atoms with Crippen LogP contribution >= 0.6 is 11.6 Å². The van der Waals surface area contributed by atoms with Crippen molar-refractivity contribution in [3.05, 3.63) is 52.8 Å². The molecule has 3 atom stereocenters. The Morgan fingerprint density at radius 3 is 2.73 bits per heavy atom. The fraction of sp³-hybridized carbons (Fsp3) is 0.409. The van der Waals surface area contributed by atoms with Crippen molar-refractivity contribution in [3.8, 4) is 16.9 Å². The second kappa shape index (κ2) is 8.06. The van der Waals surface area contributed by atoms with Gasteiger partial charge in [-0.2, -0.15) is 0 Å². The molecule has 0 saturated heterocycles. The van der Waals surface area contributed by atoms with E-state index in [0.29, 0.717) is 18.1 Å². The summed E-state index contributed by atoms with van der Waals surface area (Å²) in [5.74, 6) is 0.548. The van der Waals surface area contributed by atoms with Gasteiger partial charge in [0.05, 0.1) is 16.7 Å². The highest BCUT2D eigenvalue weighted by Crippen LogP contribution is 2.48. The number of hydrogen-bond acceptors (Lipinski definition) is 6. The van der Waals surface area contributed by atoms with Crippen LogP contribution in [0.2, 0.25) is 5.02 Å². The first-order valence-electron chi connectivity index (χ1n) is 9.89. The highest BCUT2D eigenvalue weighted by Gasteiger charge is 2.48. The molecule has 0 aromatic heterocycles. The van der Waals surface area contributed by atoms with Gasteiger partial charge in [0, 0.05) is 20.6 Å². The Bertz CT molecular complexity index is 986. The van der Waals surface area contributed by atoms with Gasteiger partial charge in [-0.3, -0.25) is 0 Å². The van der Waals surface area contributed by atoms with Crippen molar-refractivity contribution < 1.29 is 18.7 Å². The molecule has 8 heteroatoms. The summed E-state index contributed by atoms with van der Waals surface area (Å²) >= 11 is 5.98. The van der Waals surface area contributed by atoms with Crippen LogP contribution in [0.5, 0.6) is 5.75 Å². The zero-order valence-corrected chi connectivity index (χ0v) is 17.9. The Kier molecular flexibility index (Phi) is 5.61. The van der Waals surface area contributed by atoms with Gasteiger partial charge in [-0.1, -0.05) is 23.7 Å². The van der Waals surface area contributed by atoms with Crippen molar-refractivity contribution in [2.75, 3.05) is 14.2 Å². The molecule has 6 nitrogen and oxygen atoms in total. The lowest BCUT2D eigenvalue weighted by molar-refractivity contribution is -0.191. The predicted molar refractivity (Wildman–Crippen MR) is 114 cm³/mol. The highest BCUT2D eigenvalue weighted by atomic mass is 35.5. The van der Waals surface area contributed by atoms with E-state index in [1.54, 1.807) is 26.3 Å². The van der Waals surface area contributed by atoms with E-state index in [1.807, 2.05) is 25.1 Å². The topological polar surface area (TPSA) is 69.3 Å². The van der Waals surface area contributed by atoms with E-state index >= 15 is 0 Å². The van der Waals surface area contributed by atoms with Crippen molar-refractivity contribution in [1.82, 2.24) is 5.06 Å². The maximum atomic E-state index is 13.6. The molecule has 2 unspecified atom stereocenters. The van der Waals surface area contributed by atoms with Crippen molar-refractivity contribution >= 4 is 17.6 Å². The molecule has 0 bridgehead atoms. The number of hydrogen-bond donors (Lipinski definition) is 1. The molecule has 160 valence electrons. The van der Waals surface area contributed by atoms with Crippen molar-refractivity contribution in [3.63, 3.8) is 0 Å². The van der Waals surface area contributed by atoms with Crippen LogP contribution in [-0.2, 0) is 15.3 Å². The highest BCUT2D eigenvalue weighted by molar-refractivity contribution is 6.31. The lowest BCUT2D eigenvalue weighted by atomic mass is 9.88. The Morgan fingerprint density at radius 1 is 1.33 bits per heavy atom. The SMILES string of the molecule is COC(C)CCC1C[C@]2(N=C(N)N(C)O2)c2cc(-c3ccc(F)c(Cl)c3)ccc2O1. The van der Waals surface area contributed by atoms with E-state index in [-0.39, 0.29) is 17.2 Å². The first-order valence-corrected chi connectivity index (χ1v) is 10.3. The van der Waals surface area contributed by atoms with Crippen molar-refractivity contribution in [1.29, 1.82) is 0 Å². The summed E-state index contributed by atoms with van der Waals surface area (Å²) in [7, 11) is 3.43. The average molecular weight is 434 g/mol. The molecule has 2 aromatic rings. The van der Waals surface area contributed by atoms with E-state index < -0.39 is 11.5 Å². The van der Waals surface area contributed by atoms with Crippen LogP contribution in [0.3, 0.4) is 0 Å². The van der Waals surface area contributed by atoms with Gasteiger partial charge < -0.3 is 15.2 Å². The number of guanidine groups is 1. The van der Waals surface area contributed by atoms with Gasteiger partial charge in [0.2, 0.25) is 11.7 Å². The first kappa shape index (κ1) is 20.9. The molecule has 0 radical (unpaired) electrons. The van der Waals surface area contributed by atoms with E-state index in [1.165, 1.54) is 11.1 Å². The zero-order valence-electron chi connectivity index (χ0n) is 17.2. The summed E-state index contributed by atoms with van der Waals surface area (Å²) in [5, 5.41) is 1.55. The van der Waals surface area contributed by atoms with Gasteiger partial charge in [-0.25, -0.2) is 19.3 Å². The van der Waals surface area contributed by atoms with E-state index in [2.05, 4.69) is 4.99 Å². The Balaban J connectivity index is 1.72. The van der Waals surface area contributed by atoms with Crippen LogP contribution in [0.4, 0.5) is 4.39 Å². The first-order chi connectivity index (χ1) is 14.3. The Hall–Kier alpha value is -2.35. The van der Waals surface area contributed by atoms with Crippen LogP contribution in [0.15, 0.2) is 41.4 Å². The maximum absolute atomic E-state index is 13.6. The number of hydroxylamine groups is 2. The molecule has 2 aliphatic heterocycles. The molecule has 1 spiro atoms. The third kappa shape index (κ3) is 3.85. The molecule has 0 amide bonds. The summed E-state index contributed by atoms with van der Waals surface area (Å²) in [6.45, 7) is 2.03. The third-order valence-electron chi connectivity index (χ3n) is 5.65. The normalized spacial score (nSPS) is 23.8. The zero-order chi connectivity index (χ0) is 21.5. The average Bonchev–Trinajstić information content (AvgIpc) is 3.01. The molecule has 0 aliphatic carbocycles. The molecule has 0 fully saturated rings. The fourth-order valence-corrected chi connectivity index (χ4v) is 4.05. The minimum absolute atomic E-state index is 0.0719. The standard InChI is InChI=1S/C22H25ClFN3O3/c1-13(28-3)4-7-16-12-22(26-21(25)27(2)30-22)17-10-14(6-9-20(17)29-16)15-5-8-19(24)18(23)11-15/h5-6,8-11,13,16H,4,7,12H2,1-3H3,(H2,25,26)/t13?,16?,22-/m1/s1. The lowest BCUT2D eigenvalue weighted by Crippen LogP contribution is -2.39. The summed E-state index contributed by atoms with van der Waals surface area (Å²) in [4.78, 5) is 10.8. The summed E-state index contributed by atoms with van der Waals surface area (Å²) in [6, 6.07) is 10.4. The molecular weight excluding hydrogens is 409 g/mol. The summed E-state index contributed by atoms with van der Waals surface area (Å²) in [5.41, 5.74) is 7.51.